The van der Waals surface area contributed by atoms with Crippen LogP contribution >= 0.6 is 0 Å². The van der Waals surface area contributed by atoms with Crippen LogP contribution in [-0.2, 0) is 18.0 Å². The number of halogens is 3. The van der Waals surface area contributed by atoms with Crippen LogP contribution < -0.4 is 10.1 Å². The number of hydrogen-bond acceptors (Lipinski definition) is 5. The Bertz CT molecular complexity index is 1140. The Balaban J connectivity index is 1.86. The fraction of sp³-hybridized carbons (Fsp3) is 0.300. The van der Waals surface area contributed by atoms with Gasteiger partial charge >= 0.3 is 6.18 Å². The van der Waals surface area contributed by atoms with Gasteiger partial charge in [-0.15, -0.1) is 0 Å². The molecule has 0 radical (unpaired) electrons. The highest BCUT2D eigenvalue weighted by atomic mass is 19.4. The molecule has 0 aliphatic carbocycles. The average molecular weight is 420 g/mol. The van der Waals surface area contributed by atoms with Gasteiger partial charge in [0.2, 0.25) is 5.88 Å². The second-order valence-corrected chi connectivity index (χ2v) is 6.80. The number of fused-ring (bicyclic) bond motifs is 1. The van der Waals surface area contributed by atoms with Crippen LogP contribution in [0.2, 0.25) is 0 Å². The summed E-state index contributed by atoms with van der Waals surface area (Å²) in [6.45, 7) is 4.25. The molecular formula is C20H19F3N4O3. The van der Waals surface area contributed by atoms with E-state index >= 15 is 0 Å². The zero-order valence-corrected chi connectivity index (χ0v) is 16.7. The van der Waals surface area contributed by atoms with Crippen molar-refractivity contribution in [2.75, 3.05) is 5.32 Å². The Morgan fingerprint density at radius 2 is 1.93 bits per heavy atom. The number of amides is 1. The topological polar surface area (TPSA) is 86.1 Å². The van der Waals surface area contributed by atoms with E-state index in [0.29, 0.717) is 11.3 Å². The summed E-state index contributed by atoms with van der Waals surface area (Å²) in [5, 5.41) is 6.45. The number of aryl methyl sites for hydroxylation is 2. The van der Waals surface area contributed by atoms with Crippen molar-refractivity contribution < 1.29 is 27.5 Å². The molecule has 0 spiro atoms. The van der Waals surface area contributed by atoms with Gasteiger partial charge in [0.1, 0.15) is 0 Å². The Kier molecular flexibility index (Phi) is 5.51. The lowest BCUT2D eigenvalue weighted by atomic mass is 10.1. The molecule has 7 nitrogen and oxygen atoms in total. The molecule has 0 aliphatic heterocycles. The van der Waals surface area contributed by atoms with Gasteiger partial charge in [0.05, 0.1) is 16.6 Å². The fourth-order valence-corrected chi connectivity index (χ4v) is 3.00. The van der Waals surface area contributed by atoms with Crippen molar-refractivity contribution in [3.05, 3.63) is 47.2 Å². The normalized spacial score (nSPS) is 12.6. The number of rotatable bonds is 5. The van der Waals surface area contributed by atoms with E-state index in [9.17, 15) is 22.8 Å². The maximum Gasteiger partial charge on any atom is 0.417 e. The molecule has 0 fully saturated rings. The van der Waals surface area contributed by atoms with E-state index in [4.69, 9.17) is 4.74 Å². The first-order chi connectivity index (χ1) is 14.0. The first-order valence-corrected chi connectivity index (χ1v) is 8.97. The molecule has 1 amide bonds. The number of benzene rings is 1. The summed E-state index contributed by atoms with van der Waals surface area (Å²) in [7, 11) is 1.48. The minimum Gasteiger partial charge on any atom is -0.464 e. The summed E-state index contributed by atoms with van der Waals surface area (Å²) in [6, 6.07) is 7.05. The third kappa shape index (κ3) is 4.27. The lowest BCUT2D eigenvalue weighted by Gasteiger charge is -2.16. The van der Waals surface area contributed by atoms with Crippen molar-refractivity contribution in [1.29, 1.82) is 0 Å². The monoisotopic (exact) mass is 420 g/mol. The number of nitrogens with zero attached hydrogens (tertiary/aromatic N) is 3. The van der Waals surface area contributed by atoms with Crippen LogP contribution in [0.4, 0.5) is 18.9 Å². The van der Waals surface area contributed by atoms with Gasteiger partial charge in [-0.1, -0.05) is 12.1 Å². The van der Waals surface area contributed by atoms with E-state index in [1.165, 1.54) is 38.6 Å². The van der Waals surface area contributed by atoms with Crippen LogP contribution in [-0.4, -0.2) is 32.6 Å². The van der Waals surface area contributed by atoms with Crippen LogP contribution in [0.1, 0.15) is 35.5 Å². The molecule has 158 valence electrons. The Labute approximate surface area is 169 Å². The third-order valence-corrected chi connectivity index (χ3v) is 4.45. The molecule has 0 bridgehead atoms. The molecule has 30 heavy (non-hydrogen) atoms. The molecule has 2 heterocycles. The number of pyridine rings is 1. The molecule has 10 heteroatoms. The van der Waals surface area contributed by atoms with Gasteiger partial charge in [0.15, 0.2) is 17.5 Å². The second kappa shape index (κ2) is 7.77. The van der Waals surface area contributed by atoms with Gasteiger partial charge in [0, 0.05) is 24.4 Å². The lowest BCUT2D eigenvalue weighted by molar-refractivity contribution is -0.136. The molecule has 0 saturated heterocycles. The molecule has 3 rings (SSSR count). The smallest absolute Gasteiger partial charge is 0.417 e. The lowest BCUT2D eigenvalue weighted by Crippen LogP contribution is -2.30. The predicted octanol–water partition coefficient (Wildman–Crippen LogP) is 3.90. The van der Waals surface area contributed by atoms with E-state index < -0.39 is 23.8 Å². The molecule has 2 aromatic heterocycles. The van der Waals surface area contributed by atoms with Crippen LogP contribution in [0, 0.1) is 6.92 Å². The highest BCUT2D eigenvalue weighted by Gasteiger charge is 2.36. The van der Waals surface area contributed by atoms with Gasteiger partial charge in [-0.2, -0.15) is 23.3 Å². The van der Waals surface area contributed by atoms with Crippen molar-refractivity contribution in [3.8, 4) is 5.88 Å². The number of hydrogen-bond donors (Lipinski definition) is 1. The highest BCUT2D eigenvalue weighted by molar-refractivity contribution is 5.98. The summed E-state index contributed by atoms with van der Waals surface area (Å²) < 4.78 is 47.3. The standard InChI is InChI=1S/C20H19F3N4O3/c1-10-17-15(20(21,22)23)9-16(25-18(17)27(4)26-10)30-12(3)19(29)24-14-7-5-6-13(8-14)11(2)28/h5-9,12H,1-4H3,(H,24,29)/t12-/m0/s1. The Morgan fingerprint density at radius 1 is 1.23 bits per heavy atom. The number of alkyl halides is 3. The number of aromatic nitrogens is 3. The van der Waals surface area contributed by atoms with Crippen molar-refractivity contribution in [2.45, 2.75) is 33.1 Å². The van der Waals surface area contributed by atoms with Crippen LogP contribution in [0.3, 0.4) is 0 Å². The van der Waals surface area contributed by atoms with Gasteiger partial charge in [-0.3, -0.25) is 14.3 Å². The SMILES string of the molecule is CC(=O)c1cccc(NC(=O)[C@H](C)Oc2cc(C(F)(F)F)c3c(C)nn(C)c3n2)c1. The van der Waals surface area contributed by atoms with Crippen LogP contribution in [0.25, 0.3) is 11.0 Å². The predicted molar refractivity (Wildman–Crippen MR) is 103 cm³/mol. The van der Waals surface area contributed by atoms with Gasteiger partial charge in [0.25, 0.3) is 5.91 Å². The van der Waals surface area contributed by atoms with Crippen molar-refractivity contribution in [2.24, 2.45) is 7.05 Å². The molecule has 1 N–H and O–H groups in total. The highest BCUT2D eigenvalue weighted by Crippen LogP contribution is 2.37. The van der Waals surface area contributed by atoms with E-state index in [1.807, 2.05) is 0 Å². The summed E-state index contributed by atoms with van der Waals surface area (Å²) in [6.07, 6.45) is -5.79. The number of carbonyl (C=O) groups is 2. The van der Waals surface area contributed by atoms with E-state index in [1.54, 1.807) is 18.2 Å². The minimum atomic E-state index is -4.65. The van der Waals surface area contributed by atoms with Gasteiger partial charge in [-0.05, 0) is 32.9 Å². The second-order valence-electron chi connectivity index (χ2n) is 6.80. The quantitative estimate of drug-likeness (QED) is 0.633. The zero-order chi connectivity index (χ0) is 22.2. The first kappa shape index (κ1) is 21.3. The first-order valence-electron chi connectivity index (χ1n) is 8.97. The molecule has 1 atom stereocenters. The van der Waals surface area contributed by atoms with E-state index in [-0.39, 0.29) is 28.4 Å². The average Bonchev–Trinajstić information content (AvgIpc) is 2.94. The van der Waals surface area contributed by atoms with Crippen molar-refractivity contribution in [1.82, 2.24) is 14.8 Å². The largest absolute Gasteiger partial charge is 0.464 e. The van der Waals surface area contributed by atoms with E-state index in [0.717, 1.165) is 6.07 Å². The summed E-state index contributed by atoms with van der Waals surface area (Å²) in [5.74, 6) is -1.12. The van der Waals surface area contributed by atoms with Crippen LogP contribution in [0.15, 0.2) is 30.3 Å². The number of ether oxygens (including phenoxy) is 1. The summed E-state index contributed by atoms with van der Waals surface area (Å²) in [5.41, 5.74) is 0.0312. The van der Waals surface area contributed by atoms with Crippen molar-refractivity contribution in [3.63, 3.8) is 0 Å². The summed E-state index contributed by atoms with van der Waals surface area (Å²) in [4.78, 5) is 28.0. The minimum absolute atomic E-state index is 0.000840. The third-order valence-electron chi connectivity index (χ3n) is 4.45. The molecule has 1 aromatic carbocycles. The van der Waals surface area contributed by atoms with Crippen molar-refractivity contribution >= 4 is 28.4 Å². The fourth-order valence-electron chi connectivity index (χ4n) is 3.00. The number of ketones is 1. The number of anilines is 1. The molecule has 0 saturated carbocycles. The number of carbonyl (C=O) groups excluding carboxylic acids is 2. The summed E-state index contributed by atoms with van der Waals surface area (Å²) >= 11 is 0. The van der Waals surface area contributed by atoms with E-state index in [2.05, 4.69) is 15.4 Å². The molecule has 0 unspecified atom stereocenters. The maximum absolute atomic E-state index is 13.5. The molecular weight excluding hydrogens is 401 g/mol. The molecule has 3 aromatic rings. The van der Waals surface area contributed by atoms with Gasteiger partial charge < -0.3 is 10.1 Å². The molecule has 0 aliphatic rings. The number of Topliss-reactive ketones (excluding diaryl/α,β-unsaturated/α-hetero) is 1. The Morgan fingerprint density at radius 3 is 2.57 bits per heavy atom. The zero-order valence-electron chi connectivity index (χ0n) is 16.7. The number of nitrogens with one attached hydrogen (secondary N) is 1. The maximum atomic E-state index is 13.5. The van der Waals surface area contributed by atoms with Gasteiger partial charge in [-0.25, -0.2) is 0 Å². The Hall–Kier alpha value is -3.43. The van der Waals surface area contributed by atoms with Crippen LogP contribution in [0.5, 0.6) is 5.88 Å².